The standard InChI is InChI=1S/C28H33Br2N5O4S/c1-16(2)23(27(38)35-13-19(12-22(29)30)25-24(35)21(36)14-39-25)32-26(37)18-6-4-17(5-7-18)20-15-40-28(31-20)34-10-8-33(3)9-11-34/h4-7,12,15-16,19,23-25H,8-11,13-14H2,1-3H3,(H,32,37)/t19-,23?,24-,25-/m1/s1. The highest BCUT2D eigenvalue weighted by molar-refractivity contribution is 9.28. The predicted molar refractivity (Wildman–Crippen MR) is 163 cm³/mol. The van der Waals surface area contributed by atoms with Gasteiger partial charge < -0.3 is 24.8 Å². The summed E-state index contributed by atoms with van der Waals surface area (Å²) in [5, 5.41) is 5.99. The zero-order chi connectivity index (χ0) is 28.6. The number of hydrogen-bond acceptors (Lipinski definition) is 8. The Morgan fingerprint density at radius 3 is 2.50 bits per heavy atom. The van der Waals surface area contributed by atoms with Crippen LogP contribution in [-0.4, -0.2) is 96.9 Å². The van der Waals surface area contributed by atoms with E-state index in [1.54, 1.807) is 28.4 Å². The zero-order valence-corrected chi connectivity index (χ0v) is 26.7. The number of amides is 2. The molecule has 1 aromatic carbocycles. The number of ether oxygens (including phenoxy) is 1. The molecule has 214 valence electrons. The Bertz CT molecular complexity index is 1290. The van der Waals surface area contributed by atoms with Gasteiger partial charge in [-0.25, -0.2) is 4.98 Å². The molecule has 0 aliphatic carbocycles. The normalized spacial score (nSPS) is 23.9. The minimum absolute atomic E-state index is 0.00966. The van der Waals surface area contributed by atoms with Gasteiger partial charge in [0.2, 0.25) is 5.91 Å². The number of carbonyl (C=O) groups excluding carboxylic acids is 3. The smallest absolute Gasteiger partial charge is 0.251 e. The average molecular weight is 695 g/mol. The molecule has 4 atom stereocenters. The first-order valence-corrected chi connectivity index (χ1v) is 15.9. The van der Waals surface area contributed by atoms with E-state index in [1.165, 1.54) is 0 Å². The number of carbonyl (C=O) groups is 3. The molecule has 0 radical (unpaired) electrons. The number of Topliss-reactive ketones (excluding diaryl/α,β-unsaturated/α-hetero) is 1. The number of piperazine rings is 1. The Hall–Kier alpha value is -2.12. The molecule has 40 heavy (non-hydrogen) atoms. The number of anilines is 1. The van der Waals surface area contributed by atoms with Crippen LogP contribution in [0, 0.1) is 11.8 Å². The first-order chi connectivity index (χ1) is 19.1. The van der Waals surface area contributed by atoms with E-state index in [1.807, 2.05) is 37.4 Å². The number of fused-ring (bicyclic) bond motifs is 1. The van der Waals surface area contributed by atoms with Gasteiger partial charge in [0, 0.05) is 55.1 Å². The summed E-state index contributed by atoms with van der Waals surface area (Å²) in [5.41, 5.74) is 2.27. The van der Waals surface area contributed by atoms with Crippen LogP contribution in [0.4, 0.5) is 5.13 Å². The lowest BCUT2D eigenvalue weighted by molar-refractivity contribution is -0.139. The molecule has 2 amide bonds. The van der Waals surface area contributed by atoms with E-state index in [9.17, 15) is 14.4 Å². The molecule has 0 spiro atoms. The largest absolute Gasteiger partial charge is 0.367 e. The lowest BCUT2D eigenvalue weighted by Crippen LogP contribution is -2.54. The number of benzene rings is 1. The first-order valence-electron chi connectivity index (χ1n) is 13.4. The van der Waals surface area contributed by atoms with Crippen LogP contribution in [0.15, 0.2) is 39.1 Å². The van der Waals surface area contributed by atoms with Crippen LogP contribution < -0.4 is 10.2 Å². The van der Waals surface area contributed by atoms with Crippen LogP contribution in [0.25, 0.3) is 11.3 Å². The van der Waals surface area contributed by atoms with Crippen LogP contribution >= 0.6 is 43.2 Å². The Balaban J connectivity index is 1.26. The number of rotatable bonds is 7. The number of halogens is 2. The van der Waals surface area contributed by atoms with Crippen LogP contribution in [0.2, 0.25) is 0 Å². The second kappa shape index (κ2) is 12.4. The van der Waals surface area contributed by atoms with E-state index < -0.39 is 12.1 Å². The number of aromatic nitrogens is 1. The topological polar surface area (TPSA) is 95.1 Å². The van der Waals surface area contributed by atoms with Gasteiger partial charge in [0.05, 0.1) is 15.2 Å². The molecule has 1 unspecified atom stereocenters. The SMILES string of the molecule is CC(C)C(NC(=O)c1ccc(-c2csc(N3CCN(C)CC3)n2)cc1)C(=O)N1C[C@@H](C=C(Br)Br)[C@H]2OCC(=O)[C@H]21. The van der Waals surface area contributed by atoms with Gasteiger partial charge in [0.15, 0.2) is 10.9 Å². The van der Waals surface area contributed by atoms with Crippen LogP contribution in [0.5, 0.6) is 0 Å². The van der Waals surface area contributed by atoms with Gasteiger partial charge in [-0.3, -0.25) is 14.4 Å². The summed E-state index contributed by atoms with van der Waals surface area (Å²) in [6.45, 7) is 8.08. The molecule has 3 fully saturated rings. The number of thiazole rings is 1. The number of nitrogens with zero attached hydrogens (tertiary/aromatic N) is 4. The monoisotopic (exact) mass is 693 g/mol. The molecule has 0 bridgehead atoms. The van der Waals surface area contributed by atoms with E-state index in [4.69, 9.17) is 9.72 Å². The molecule has 3 aliphatic heterocycles. The van der Waals surface area contributed by atoms with E-state index in [-0.39, 0.29) is 42.1 Å². The Morgan fingerprint density at radius 2 is 1.85 bits per heavy atom. The minimum Gasteiger partial charge on any atom is -0.367 e. The van der Waals surface area contributed by atoms with Gasteiger partial charge in [-0.1, -0.05) is 32.1 Å². The quantitative estimate of drug-likeness (QED) is 0.472. The summed E-state index contributed by atoms with van der Waals surface area (Å²) in [6.07, 6.45) is 1.52. The van der Waals surface area contributed by atoms with Crippen LogP contribution in [0.1, 0.15) is 24.2 Å². The van der Waals surface area contributed by atoms with Crippen molar-refractivity contribution in [2.24, 2.45) is 11.8 Å². The number of likely N-dealkylation sites (tertiary alicyclic amines) is 1. The van der Waals surface area contributed by atoms with Gasteiger partial charge in [-0.05, 0) is 57.0 Å². The third kappa shape index (κ3) is 6.20. The summed E-state index contributed by atoms with van der Waals surface area (Å²) in [6, 6.07) is 5.88. The molecule has 1 N–H and O–H groups in total. The van der Waals surface area contributed by atoms with E-state index in [0.717, 1.165) is 46.0 Å². The van der Waals surface area contributed by atoms with Crippen LogP contribution in [0.3, 0.4) is 0 Å². The van der Waals surface area contributed by atoms with Crippen molar-refractivity contribution >= 4 is 65.9 Å². The number of ketones is 1. The van der Waals surface area contributed by atoms with Gasteiger partial charge in [0.25, 0.3) is 5.91 Å². The number of hydrogen-bond donors (Lipinski definition) is 1. The van der Waals surface area contributed by atoms with E-state index in [0.29, 0.717) is 12.1 Å². The van der Waals surface area contributed by atoms with E-state index in [2.05, 4.69) is 54.0 Å². The number of nitrogens with one attached hydrogen (secondary N) is 1. The summed E-state index contributed by atoms with van der Waals surface area (Å²) >= 11 is 8.38. The van der Waals surface area contributed by atoms with Crippen molar-refractivity contribution in [3.05, 3.63) is 44.7 Å². The third-order valence-electron chi connectivity index (χ3n) is 7.78. The highest BCUT2D eigenvalue weighted by Gasteiger charge is 2.52. The molecular weight excluding hydrogens is 662 g/mol. The van der Waals surface area contributed by atoms with E-state index >= 15 is 0 Å². The maximum absolute atomic E-state index is 13.7. The Kier molecular flexibility index (Phi) is 9.11. The highest BCUT2D eigenvalue weighted by atomic mass is 79.9. The zero-order valence-electron chi connectivity index (χ0n) is 22.7. The lowest BCUT2D eigenvalue weighted by atomic mass is 10.00. The first kappa shape index (κ1) is 29.4. The maximum Gasteiger partial charge on any atom is 0.251 e. The fourth-order valence-corrected chi connectivity index (χ4v) is 7.04. The molecule has 9 nitrogen and oxygen atoms in total. The highest BCUT2D eigenvalue weighted by Crippen LogP contribution is 2.35. The summed E-state index contributed by atoms with van der Waals surface area (Å²) in [7, 11) is 2.13. The van der Waals surface area contributed by atoms with Crippen molar-refractivity contribution < 1.29 is 19.1 Å². The van der Waals surface area contributed by atoms with Gasteiger partial charge in [0.1, 0.15) is 18.7 Å². The van der Waals surface area contributed by atoms with Crippen molar-refractivity contribution in [2.75, 3.05) is 51.3 Å². The lowest BCUT2D eigenvalue weighted by Gasteiger charge is -2.32. The van der Waals surface area contributed by atoms with Crippen molar-refractivity contribution in [1.82, 2.24) is 20.1 Å². The molecule has 3 saturated heterocycles. The molecular formula is C28H33Br2N5O4S. The molecule has 0 saturated carbocycles. The maximum atomic E-state index is 13.7. The van der Waals surface area contributed by atoms with Crippen molar-refractivity contribution in [3.8, 4) is 11.3 Å². The average Bonchev–Trinajstić information content (AvgIpc) is 3.65. The van der Waals surface area contributed by atoms with Gasteiger partial charge >= 0.3 is 0 Å². The number of likely N-dealkylation sites (N-methyl/N-ethyl adjacent to an activating group) is 1. The van der Waals surface area contributed by atoms with Gasteiger partial charge in [-0.15, -0.1) is 11.3 Å². The second-order valence-electron chi connectivity index (χ2n) is 10.9. The second-order valence-corrected chi connectivity index (χ2v) is 14.5. The molecule has 5 rings (SSSR count). The Morgan fingerprint density at radius 1 is 1.15 bits per heavy atom. The van der Waals surface area contributed by atoms with Crippen molar-refractivity contribution in [1.29, 1.82) is 0 Å². The molecule has 2 aromatic rings. The van der Waals surface area contributed by atoms with Crippen molar-refractivity contribution in [2.45, 2.75) is 32.0 Å². The Labute approximate surface area is 255 Å². The van der Waals surface area contributed by atoms with Crippen LogP contribution in [-0.2, 0) is 14.3 Å². The van der Waals surface area contributed by atoms with Gasteiger partial charge in [-0.2, -0.15) is 0 Å². The molecule has 3 aliphatic rings. The molecule has 12 heteroatoms. The minimum atomic E-state index is -0.777. The summed E-state index contributed by atoms with van der Waals surface area (Å²) < 4.78 is 6.48. The molecule has 4 heterocycles. The van der Waals surface area contributed by atoms with Crippen molar-refractivity contribution in [3.63, 3.8) is 0 Å². The fourth-order valence-electron chi connectivity index (χ4n) is 5.48. The third-order valence-corrected chi connectivity index (χ3v) is 9.21. The molecule has 1 aromatic heterocycles. The predicted octanol–water partition coefficient (Wildman–Crippen LogP) is 3.74. The fraction of sp³-hybridized carbons (Fsp3) is 0.500. The summed E-state index contributed by atoms with van der Waals surface area (Å²) in [5.74, 6) is -1.02. The summed E-state index contributed by atoms with van der Waals surface area (Å²) in [4.78, 5) is 50.6.